The van der Waals surface area contributed by atoms with Crippen molar-refractivity contribution in [1.82, 2.24) is 0 Å². The quantitative estimate of drug-likeness (QED) is 0.549. The number of hydrogen-bond donors (Lipinski definition) is 1. The first-order valence-corrected chi connectivity index (χ1v) is 2.78. The van der Waals surface area contributed by atoms with Crippen LogP contribution in [-0.2, 0) is 0 Å². The summed E-state index contributed by atoms with van der Waals surface area (Å²) in [6.07, 6.45) is 4.38. The highest BCUT2D eigenvalue weighted by atomic mass is 14.5. The van der Waals surface area contributed by atoms with E-state index in [1.54, 1.807) is 13.0 Å². The third kappa shape index (κ3) is 6.84. The number of rotatable bonds is 2. The van der Waals surface area contributed by atoms with E-state index < -0.39 is 0 Å². The molecule has 0 saturated heterocycles. The topological polar surface area (TPSA) is 26.0 Å². The highest BCUT2D eigenvalue weighted by molar-refractivity contribution is 5.15. The Balaban J connectivity index is 3.44. The van der Waals surface area contributed by atoms with Crippen molar-refractivity contribution in [3.05, 3.63) is 24.4 Å². The van der Waals surface area contributed by atoms with Gasteiger partial charge in [0.1, 0.15) is 0 Å². The van der Waals surface area contributed by atoms with Gasteiger partial charge in [0.05, 0.1) is 0 Å². The largest absolute Gasteiger partial charge is 0.402 e. The summed E-state index contributed by atoms with van der Waals surface area (Å²) in [5.41, 5.74) is 5.95. The second-order valence-electron chi connectivity index (χ2n) is 1.66. The zero-order valence-electron chi connectivity index (χ0n) is 5.65. The van der Waals surface area contributed by atoms with E-state index >= 15 is 0 Å². The molecule has 0 rings (SSSR count). The molecule has 0 aromatic rings. The van der Waals surface area contributed by atoms with Gasteiger partial charge in [-0.3, -0.25) is 0 Å². The van der Waals surface area contributed by atoms with E-state index in [1.807, 2.05) is 6.08 Å². The van der Waals surface area contributed by atoms with E-state index in [9.17, 15) is 0 Å². The maximum Gasteiger partial charge on any atom is 0.00526 e. The van der Waals surface area contributed by atoms with E-state index in [0.29, 0.717) is 12.1 Å². The van der Waals surface area contributed by atoms with Gasteiger partial charge in [0.25, 0.3) is 0 Å². The monoisotopic (exact) mass is 121 g/mol. The summed E-state index contributed by atoms with van der Waals surface area (Å²) in [4.78, 5) is 0. The van der Waals surface area contributed by atoms with Crippen molar-refractivity contribution in [1.29, 1.82) is 0 Å². The van der Waals surface area contributed by atoms with Crippen molar-refractivity contribution in [3.63, 3.8) is 0 Å². The lowest BCUT2D eigenvalue weighted by Crippen LogP contribution is -1.90. The first-order chi connectivity index (χ1) is 4.27. The molecule has 0 atom stereocenters. The Morgan fingerprint density at radius 3 is 2.89 bits per heavy atom. The van der Waals surface area contributed by atoms with Crippen LogP contribution >= 0.6 is 0 Å². The summed E-state index contributed by atoms with van der Waals surface area (Å²) in [6, 6.07) is 0. The molecule has 9 heavy (non-hydrogen) atoms. The summed E-state index contributed by atoms with van der Waals surface area (Å²) in [6.45, 7) is 5.32. The van der Waals surface area contributed by atoms with Crippen LogP contribution in [0.25, 0.3) is 0 Å². The van der Waals surface area contributed by atoms with Crippen molar-refractivity contribution in [2.75, 3.05) is 0 Å². The van der Waals surface area contributed by atoms with E-state index in [4.69, 9.17) is 5.73 Å². The van der Waals surface area contributed by atoms with Crippen molar-refractivity contribution in [2.45, 2.75) is 13.3 Å². The van der Waals surface area contributed by atoms with Crippen molar-refractivity contribution in [3.8, 4) is 11.8 Å². The number of nitrogens with two attached hydrogens (primary N) is 1. The highest BCUT2D eigenvalue weighted by Gasteiger charge is 1.75. The van der Waals surface area contributed by atoms with Crippen LogP contribution in [0.15, 0.2) is 24.4 Å². The fourth-order valence-electron chi connectivity index (χ4n) is 0.353. The maximum atomic E-state index is 5.28. The van der Waals surface area contributed by atoms with Gasteiger partial charge >= 0.3 is 0 Å². The van der Waals surface area contributed by atoms with Crippen LogP contribution in [0, 0.1) is 11.8 Å². The van der Waals surface area contributed by atoms with Gasteiger partial charge in [-0.2, -0.15) is 0 Å². The maximum absolute atomic E-state index is 5.28. The Hall–Kier alpha value is -1.16. The van der Waals surface area contributed by atoms with Crippen molar-refractivity contribution in [2.24, 2.45) is 5.73 Å². The van der Waals surface area contributed by atoms with Crippen LogP contribution in [0.3, 0.4) is 0 Å². The fourth-order valence-corrected chi connectivity index (χ4v) is 0.353. The molecule has 0 unspecified atom stereocenters. The van der Waals surface area contributed by atoms with Gasteiger partial charge in [-0.05, 0) is 13.0 Å². The van der Waals surface area contributed by atoms with Crippen LogP contribution in [0.5, 0.6) is 0 Å². The van der Waals surface area contributed by atoms with Gasteiger partial charge in [0.2, 0.25) is 0 Å². The average Bonchev–Trinajstić information content (AvgIpc) is 1.80. The van der Waals surface area contributed by atoms with E-state index in [1.165, 1.54) is 0 Å². The van der Waals surface area contributed by atoms with Crippen LogP contribution < -0.4 is 5.73 Å². The SMILES string of the molecule is C=C(N)C/C=C\C#CC. The molecule has 0 amide bonds. The van der Waals surface area contributed by atoms with Crippen LogP contribution in [0.2, 0.25) is 0 Å². The lowest BCUT2D eigenvalue weighted by atomic mass is 10.3. The summed E-state index contributed by atoms with van der Waals surface area (Å²) in [5, 5.41) is 0. The Bertz CT molecular complexity index is 167. The highest BCUT2D eigenvalue weighted by Crippen LogP contribution is 1.87. The fraction of sp³-hybridized carbons (Fsp3) is 0.250. The summed E-state index contributed by atoms with van der Waals surface area (Å²) >= 11 is 0. The molecule has 1 heteroatoms. The molecule has 0 heterocycles. The van der Waals surface area contributed by atoms with Crippen LogP contribution in [-0.4, -0.2) is 0 Å². The molecule has 0 fully saturated rings. The molecule has 0 bridgehead atoms. The Morgan fingerprint density at radius 2 is 2.44 bits per heavy atom. The van der Waals surface area contributed by atoms with Crippen LogP contribution in [0.4, 0.5) is 0 Å². The normalized spacial score (nSPS) is 8.56. The van der Waals surface area contributed by atoms with E-state index in [-0.39, 0.29) is 0 Å². The summed E-state index contributed by atoms with van der Waals surface area (Å²) in [5.74, 6) is 5.51. The predicted octanol–water partition coefficient (Wildman–Crippen LogP) is 1.43. The lowest BCUT2D eigenvalue weighted by molar-refractivity contribution is 1.18. The average molecular weight is 121 g/mol. The smallest absolute Gasteiger partial charge is 0.00526 e. The minimum Gasteiger partial charge on any atom is -0.402 e. The van der Waals surface area contributed by atoms with Gasteiger partial charge in [-0.1, -0.05) is 18.6 Å². The second-order valence-corrected chi connectivity index (χ2v) is 1.66. The molecule has 0 aromatic heterocycles. The molecule has 0 spiro atoms. The van der Waals surface area contributed by atoms with Gasteiger partial charge in [0.15, 0.2) is 0 Å². The molecule has 0 aromatic carbocycles. The van der Waals surface area contributed by atoms with Crippen molar-refractivity contribution < 1.29 is 0 Å². The molecule has 2 N–H and O–H groups in total. The zero-order chi connectivity index (χ0) is 7.11. The Morgan fingerprint density at radius 1 is 1.78 bits per heavy atom. The zero-order valence-corrected chi connectivity index (χ0v) is 5.65. The summed E-state index contributed by atoms with van der Waals surface area (Å²) < 4.78 is 0. The number of hydrogen-bond acceptors (Lipinski definition) is 1. The molecule has 0 radical (unpaired) electrons. The van der Waals surface area contributed by atoms with Gasteiger partial charge in [-0.25, -0.2) is 0 Å². The molecular formula is C8H11N. The molecule has 1 nitrogen and oxygen atoms in total. The minimum atomic E-state index is 0.671. The van der Waals surface area contributed by atoms with Gasteiger partial charge in [0, 0.05) is 12.1 Å². The minimum absolute atomic E-state index is 0.671. The lowest BCUT2D eigenvalue weighted by Gasteiger charge is -1.85. The first kappa shape index (κ1) is 7.84. The molecule has 0 saturated carbocycles. The molecule has 0 aliphatic heterocycles. The standard InChI is InChI=1S/C8H11N/c1-3-4-5-6-7-8(2)9/h5-6H,2,7,9H2,1H3/b6-5-. The Kier molecular flexibility index (Phi) is 4.34. The number of allylic oxidation sites excluding steroid dienone is 2. The van der Waals surface area contributed by atoms with Gasteiger partial charge in [-0.15, -0.1) is 5.92 Å². The van der Waals surface area contributed by atoms with Crippen LogP contribution in [0.1, 0.15) is 13.3 Å². The second kappa shape index (κ2) is 4.99. The van der Waals surface area contributed by atoms with Gasteiger partial charge < -0.3 is 5.73 Å². The van der Waals surface area contributed by atoms with E-state index in [0.717, 1.165) is 0 Å². The van der Waals surface area contributed by atoms with E-state index in [2.05, 4.69) is 18.4 Å². The third-order valence-electron chi connectivity index (χ3n) is 0.726. The predicted molar refractivity (Wildman–Crippen MR) is 40.5 cm³/mol. The molecule has 0 aliphatic carbocycles. The Labute approximate surface area is 56.3 Å². The molecular weight excluding hydrogens is 110 g/mol. The first-order valence-electron chi connectivity index (χ1n) is 2.78. The molecule has 48 valence electrons. The third-order valence-corrected chi connectivity index (χ3v) is 0.726. The molecule has 0 aliphatic rings. The summed E-state index contributed by atoms with van der Waals surface area (Å²) in [7, 11) is 0. The van der Waals surface area contributed by atoms with Crippen molar-refractivity contribution >= 4 is 0 Å².